The number of hydrogen-bond acceptors (Lipinski definition) is 4. The normalized spacial score (nSPS) is 12.5. The van der Waals surface area contributed by atoms with Gasteiger partial charge in [-0.15, -0.1) is 0 Å². The maximum Gasteiger partial charge on any atom is 0.289 e. The summed E-state index contributed by atoms with van der Waals surface area (Å²) in [7, 11) is 2.90. The van der Waals surface area contributed by atoms with Crippen molar-refractivity contribution in [3.8, 4) is 0 Å². The summed E-state index contributed by atoms with van der Waals surface area (Å²) in [5.41, 5.74) is -0.0738. The Bertz CT molecular complexity index is 588. The Kier molecular flexibility index (Phi) is 4.75. The SMILES string of the molecule is CN(CC(C)(C)C)C(=O)c1cc(S(=O)(=O)Cl)c(Br)o1. The van der Waals surface area contributed by atoms with E-state index in [2.05, 4.69) is 15.9 Å². The van der Waals surface area contributed by atoms with Gasteiger partial charge in [-0.05, 0) is 21.3 Å². The van der Waals surface area contributed by atoms with Crippen molar-refractivity contribution in [3.05, 3.63) is 16.5 Å². The number of halogens is 2. The van der Waals surface area contributed by atoms with E-state index >= 15 is 0 Å². The van der Waals surface area contributed by atoms with Crippen molar-refractivity contribution >= 4 is 41.6 Å². The van der Waals surface area contributed by atoms with Gasteiger partial charge in [0.15, 0.2) is 10.4 Å². The Morgan fingerprint density at radius 3 is 2.37 bits per heavy atom. The molecule has 1 heterocycles. The molecule has 108 valence electrons. The lowest BCUT2D eigenvalue weighted by atomic mass is 9.96. The number of carbonyl (C=O) groups excluding carboxylic acids is 1. The van der Waals surface area contributed by atoms with Crippen LogP contribution >= 0.6 is 26.6 Å². The standard InChI is InChI=1S/C11H15BrClNO4S/c1-11(2,3)6-14(4)10(15)7-5-8(9(12)18-7)19(13,16)17/h5H,6H2,1-4H3. The summed E-state index contributed by atoms with van der Waals surface area (Å²) in [5.74, 6) is -0.472. The van der Waals surface area contributed by atoms with Crippen LogP contribution in [-0.2, 0) is 9.05 Å². The lowest BCUT2D eigenvalue weighted by molar-refractivity contribution is 0.0712. The van der Waals surface area contributed by atoms with E-state index in [9.17, 15) is 13.2 Å². The molecule has 1 rings (SSSR count). The number of amides is 1. The third-order valence-corrected chi connectivity index (χ3v) is 4.37. The topological polar surface area (TPSA) is 67.6 Å². The zero-order valence-electron chi connectivity index (χ0n) is 11.0. The molecule has 0 aliphatic rings. The highest BCUT2D eigenvalue weighted by atomic mass is 79.9. The molecule has 1 aromatic heterocycles. The lowest BCUT2D eigenvalue weighted by Gasteiger charge is -2.25. The summed E-state index contributed by atoms with van der Waals surface area (Å²) in [6.07, 6.45) is 0. The molecule has 0 spiro atoms. The van der Waals surface area contributed by atoms with Gasteiger partial charge in [0.1, 0.15) is 4.90 Å². The maximum atomic E-state index is 12.1. The first-order valence-electron chi connectivity index (χ1n) is 5.41. The second kappa shape index (κ2) is 5.46. The second-order valence-corrected chi connectivity index (χ2v) is 8.66. The second-order valence-electron chi connectivity index (χ2n) is 5.41. The van der Waals surface area contributed by atoms with Gasteiger partial charge in [-0.2, -0.15) is 0 Å². The fourth-order valence-corrected chi connectivity index (χ4v) is 3.63. The van der Waals surface area contributed by atoms with Crippen LogP contribution in [0.3, 0.4) is 0 Å². The van der Waals surface area contributed by atoms with Crippen LogP contribution in [0.15, 0.2) is 20.0 Å². The van der Waals surface area contributed by atoms with Gasteiger partial charge >= 0.3 is 0 Å². The van der Waals surface area contributed by atoms with E-state index in [1.54, 1.807) is 7.05 Å². The molecule has 1 aromatic rings. The zero-order chi connectivity index (χ0) is 15.0. The molecule has 1 amide bonds. The molecular formula is C11H15BrClNO4S. The first kappa shape index (κ1) is 16.5. The first-order valence-corrected chi connectivity index (χ1v) is 8.51. The Hall–Kier alpha value is -0.530. The molecule has 0 bridgehead atoms. The van der Waals surface area contributed by atoms with Crippen LogP contribution < -0.4 is 0 Å². The van der Waals surface area contributed by atoms with Gasteiger partial charge in [0, 0.05) is 30.3 Å². The molecule has 0 N–H and O–H groups in total. The van der Waals surface area contributed by atoms with Gasteiger partial charge < -0.3 is 9.32 Å². The highest BCUT2D eigenvalue weighted by molar-refractivity contribution is 9.10. The number of furan rings is 1. The average molecular weight is 373 g/mol. The molecular weight excluding hydrogens is 358 g/mol. The summed E-state index contributed by atoms with van der Waals surface area (Å²) < 4.78 is 27.5. The van der Waals surface area contributed by atoms with Crippen molar-refractivity contribution in [3.63, 3.8) is 0 Å². The van der Waals surface area contributed by atoms with Crippen LogP contribution in [0.5, 0.6) is 0 Å². The number of rotatable bonds is 3. The smallest absolute Gasteiger partial charge is 0.289 e. The minimum absolute atomic E-state index is 0.0714. The highest BCUT2D eigenvalue weighted by Crippen LogP contribution is 2.29. The number of nitrogens with zero attached hydrogens (tertiary/aromatic N) is 1. The van der Waals surface area contributed by atoms with E-state index in [1.165, 1.54) is 4.90 Å². The summed E-state index contributed by atoms with van der Waals surface area (Å²) >= 11 is 2.93. The Morgan fingerprint density at radius 2 is 2.00 bits per heavy atom. The highest BCUT2D eigenvalue weighted by Gasteiger charge is 2.26. The Morgan fingerprint density at radius 1 is 1.47 bits per heavy atom. The quantitative estimate of drug-likeness (QED) is 0.765. The molecule has 0 saturated heterocycles. The molecule has 0 radical (unpaired) electrons. The molecule has 5 nitrogen and oxygen atoms in total. The van der Waals surface area contributed by atoms with Crippen molar-refractivity contribution in [1.29, 1.82) is 0 Å². The van der Waals surface area contributed by atoms with E-state index in [-0.39, 0.29) is 20.7 Å². The fraction of sp³-hybridized carbons (Fsp3) is 0.545. The number of carbonyl (C=O) groups is 1. The molecule has 0 fully saturated rings. The zero-order valence-corrected chi connectivity index (χ0v) is 14.2. The first-order chi connectivity index (χ1) is 8.42. The van der Waals surface area contributed by atoms with Crippen LogP contribution in [0.1, 0.15) is 31.3 Å². The summed E-state index contributed by atoms with van der Waals surface area (Å²) in [4.78, 5) is 13.3. The van der Waals surface area contributed by atoms with Gasteiger partial charge in [0.2, 0.25) is 0 Å². The monoisotopic (exact) mass is 371 g/mol. The van der Waals surface area contributed by atoms with Gasteiger partial charge in [0.05, 0.1) is 0 Å². The predicted octanol–water partition coefficient (Wildman–Crippen LogP) is 3.09. The molecule has 0 atom stereocenters. The van der Waals surface area contributed by atoms with E-state index in [1.807, 2.05) is 20.8 Å². The average Bonchev–Trinajstić information content (AvgIpc) is 2.55. The summed E-state index contributed by atoms with van der Waals surface area (Å²) in [5, 5.41) is 0. The van der Waals surface area contributed by atoms with Gasteiger partial charge in [0.25, 0.3) is 15.0 Å². The molecule has 19 heavy (non-hydrogen) atoms. The van der Waals surface area contributed by atoms with Gasteiger partial charge in [-0.3, -0.25) is 4.79 Å². The number of hydrogen-bond donors (Lipinski definition) is 0. The molecule has 0 unspecified atom stereocenters. The van der Waals surface area contributed by atoms with Crippen LogP contribution in [0, 0.1) is 5.41 Å². The Labute approximate surface area is 125 Å². The van der Waals surface area contributed by atoms with E-state index in [0.29, 0.717) is 6.54 Å². The molecule has 0 aliphatic heterocycles. The summed E-state index contributed by atoms with van der Waals surface area (Å²) in [6, 6.07) is 1.12. The predicted molar refractivity (Wildman–Crippen MR) is 75.9 cm³/mol. The molecule has 0 aromatic carbocycles. The van der Waals surface area contributed by atoms with Crippen LogP contribution in [0.4, 0.5) is 0 Å². The minimum atomic E-state index is -3.95. The largest absolute Gasteiger partial charge is 0.443 e. The van der Waals surface area contributed by atoms with Crippen molar-refractivity contribution in [2.75, 3.05) is 13.6 Å². The van der Waals surface area contributed by atoms with Crippen LogP contribution in [0.25, 0.3) is 0 Å². The lowest BCUT2D eigenvalue weighted by Crippen LogP contribution is -2.34. The minimum Gasteiger partial charge on any atom is -0.443 e. The Balaban J connectivity index is 3.03. The van der Waals surface area contributed by atoms with Crippen molar-refractivity contribution in [2.24, 2.45) is 5.41 Å². The molecule has 8 heteroatoms. The fourth-order valence-electron chi connectivity index (χ4n) is 1.60. The third kappa shape index (κ3) is 4.50. The third-order valence-electron chi connectivity index (χ3n) is 2.19. The van der Waals surface area contributed by atoms with E-state index < -0.39 is 15.0 Å². The van der Waals surface area contributed by atoms with Gasteiger partial charge in [-0.1, -0.05) is 20.8 Å². The van der Waals surface area contributed by atoms with Crippen molar-refractivity contribution < 1.29 is 17.6 Å². The van der Waals surface area contributed by atoms with E-state index in [0.717, 1.165) is 6.07 Å². The van der Waals surface area contributed by atoms with Crippen molar-refractivity contribution in [2.45, 2.75) is 25.7 Å². The van der Waals surface area contributed by atoms with Crippen LogP contribution in [0.2, 0.25) is 0 Å². The van der Waals surface area contributed by atoms with Gasteiger partial charge in [-0.25, -0.2) is 8.42 Å². The maximum absolute atomic E-state index is 12.1. The van der Waals surface area contributed by atoms with E-state index in [4.69, 9.17) is 15.1 Å². The van der Waals surface area contributed by atoms with Crippen molar-refractivity contribution in [1.82, 2.24) is 4.90 Å². The summed E-state index contributed by atoms with van der Waals surface area (Å²) in [6.45, 7) is 6.48. The van der Waals surface area contributed by atoms with Crippen LogP contribution in [-0.4, -0.2) is 32.8 Å². The molecule has 0 saturated carbocycles. The molecule has 0 aliphatic carbocycles.